The van der Waals surface area contributed by atoms with Crippen molar-refractivity contribution in [1.29, 1.82) is 0 Å². The largest absolute Gasteiger partial charge is 0.458 e. The highest BCUT2D eigenvalue weighted by Gasteiger charge is 2.95. The summed E-state index contributed by atoms with van der Waals surface area (Å²) in [4.78, 5) is 39.0. The minimum absolute atomic E-state index is 0.0768. The Morgan fingerprint density at radius 2 is 1.64 bits per heavy atom. The number of aliphatic hydroxyl groups is 2. The molecule has 4 unspecified atom stereocenters. The molecule has 0 aromatic carbocycles. The molecule has 0 radical (unpaired) electrons. The second-order valence-electron chi connectivity index (χ2n) is 23.3. The smallest absolute Gasteiger partial charge is 0.407 e. The standard InChI is InChI=1S/C55H78N2O10/c1-32(2)53(62)30-46-55(67-46)52(6)26-24-38-39(31-63-47(38)59)42(52)29-45-54(55,66-45)48(53)65-50(61)57-28-10-8-7-9-27-56-49(60)64-44(37-19-20-37)23-16-33(3)40-21-22-41-36(14-12-25-51(40,41)5)18-17-35-13-11-15-43(58)34(35)4/h16-18,23,32-33,37,40-46,48,58,62H,4,7-15,19-22,24-31H2,1-3,5-6H3,(H,56,60)(H,57,61)/b23-16+,35-17-,36-18+/t33-,40?,41?,42?,43-,44?,45-,46-,48+,51+,52-,53+,54+,55+/m0/s1. The minimum Gasteiger partial charge on any atom is -0.458 e. The van der Waals surface area contributed by atoms with Gasteiger partial charge in [-0.1, -0.05) is 77.8 Å². The minimum atomic E-state index is -1.32. The van der Waals surface area contributed by atoms with Gasteiger partial charge in [-0.2, -0.15) is 0 Å². The fourth-order valence-corrected chi connectivity index (χ4v) is 15.4. The van der Waals surface area contributed by atoms with Crippen LogP contribution in [0.4, 0.5) is 9.59 Å². The zero-order chi connectivity index (χ0) is 47.1. The molecule has 3 heterocycles. The Kier molecular flexibility index (Phi) is 12.5. The quantitative estimate of drug-likeness (QED) is 0.0409. The van der Waals surface area contributed by atoms with Crippen molar-refractivity contribution in [3.05, 3.63) is 58.7 Å². The molecule has 2 spiro atoms. The van der Waals surface area contributed by atoms with E-state index in [1.54, 1.807) is 5.57 Å². The zero-order valence-electron chi connectivity index (χ0n) is 40.9. The number of unbranched alkanes of at least 4 members (excludes halogenated alkanes) is 3. The molecule has 4 N–H and O–H groups in total. The second-order valence-corrected chi connectivity index (χ2v) is 23.3. The van der Waals surface area contributed by atoms with Gasteiger partial charge in [0.15, 0.2) is 11.7 Å². The average molecular weight is 927 g/mol. The maximum atomic E-state index is 13.5. The van der Waals surface area contributed by atoms with E-state index in [1.807, 2.05) is 13.8 Å². The lowest BCUT2D eigenvalue weighted by Crippen LogP contribution is -2.72. The van der Waals surface area contributed by atoms with Gasteiger partial charge in [-0.3, -0.25) is 0 Å². The monoisotopic (exact) mass is 927 g/mol. The van der Waals surface area contributed by atoms with Crippen molar-refractivity contribution in [3.8, 4) is 0 Å². The first-order chi connectivity index (χ1) is 32.1. The third kappa shape index (κ3) is 7.88. The summed E-state index contributed by atoms with van der Waals surface area (Å²) in [6, 6.07) is 0. The van der Waals surface area contributed by atoms with Gasteiger partial charge in [-0.05, 0) is 160 Å². The Labute approximate surface area is 398 Å². The molecular weight excluding hydrogens is 849 g/mol. The molecule has 10 rings (SSSR count). The molecule has 0 aromatic rings. The van der Waals surface area contributed by atoms with Crippen LogP contribution >= 0.6 is 0 Å². The maximum absolute atomic E-state index is 13.5. The zero-order valence-corrected chi connectivity index (χ0v) is 40.9. The average Bonchev–Trinajstić information content (AvgIpc) is 4.25. The van der Waals surface area contributed by atoms with Gasteiger partial charge in [0.05, 0.1) is 18.3 Å². The first-order valence-corrected chi connectivity index (χ1v) is 26.4. The van der Waals surface area contributed by atoms with Crippen molar-refractivity contribution >= 4 is 18.2 Å². The summed E-state index contributed by atoms with van der Waals surface area (Å²) in [5.74, 6) is 1.61. The van der Waals surface area contributed by atoms with Crippen molar-refractivity contribution in [2.24, 2.45) is 46.3 Å². The first kappa shape index (κ1) is 47.2. The molecule has 6 saturated carbocycles. The molecule has 10 aliphatic rings. The number of hydrogen-bond donors (Lipinski definition) is 4. The molecule has 67 heavy (non-hydrogen) atoms. The number of cyclic esters (lactones) is 1. The van der Waals surface area contributed by atoms with Crippen molar-refractivity contribution in [3.63, 3.8) is 0 Å². The van der Waals surface area contributed by atoms with Crippen LogP contribution in [0.2, 0.25) is 0 Å². The number of amides is 2. The summed E-state index contributed by atoms with van der Waals surface area (Å²) in [6.07, 6.45) is 23.0. The fourth-order valence-electron chi connectivity index (χ4n) is 15.4. The Hall–Kier alpha value is -3.45. The molecule has 368 valence electrons. The number of nitrogens with one attached hydrogen (secondary N) is 2. The van der Waals surface area contributed by atoms with Crippen LogP contribution < -0.4 is 10.6 Å². The van der Waals surface area contributed by atoms with E-state index in [1.165, 1.54) is 31.3 Å². The van der Waals surface area contributed by atoms with Gasteiger partial charge in [0.25, 0.3) is 0 Å². The molecule has 14 atom stereocenters. The number of carbonyl (C=O) groups excluding carboxylic acids is 3. The number of aliphatic hydroxyl groups excluding tert-OH is 1. The van der Waals surface area contributed by atoms with Gasteiger partial charge < -0.3 is 44.5 Å². The van der Waals surface area contributed by atoms with Crippen LogP contribution in [0.25, 0.3) is 0 Å². The van der Waals surface area contributed by atoms with Gasteiger partial charge in [0, 0.05) is 30.5 Å². The van der Waals surface area contributed by atoms with Crippen LogP contribution in [-0.2, 0) is 28.5 Å². The fraction of sp³-hybridized carbons (Fsp3) is 0.764. The van der Waals surface area contributed by atoms with Crippen LogP contribution in [0, 0.1) is 46.3 Å². The molecule has 12 nitrogen and oxygen atoms in total. The second kappa shape index (κ2) is 17.7. The molecule has 0 bridgehead atoms. The summed E-state index contributed by atoms with van der Waals surface area (Å²) in [7, 11) is 0. The van der Waals surface area contributed by atoms with Crippen LogP contribution in [0.3, 0.4) is 0 Å². The maximum Gasteiger partial charge on any atom is 0.407 e. The molecule has 2 saturated heterocycles. The van der Waals surface area contributed by atoms with Crippen LogP contribution in [0.15, 0.2) is 58.7 Å². The normalized spacial score (nSPS) is 42.5. The molecule has 12 heteroatoms. The predicted octanol–water partition coefficient (Wildman–Crippen LogP) is 9.25. The number of hydrogen-bond acceptors (Lipinski definition) is 10. The Balaban J connectivity index is 0.657. The van der Waals surface area contributed by atoms with Crippen molar-refractivity contribution in [2.45, 2.75) is 198 Å². The molecule has 7 aliphatic carbocycles. The first-order valence-electron chi connectivity index (χ1n) is 26.4. The lowest BCUT2D eigenvalue weighted by molar-refractivity contribution is -0.180. The summed E-state index contributed by atoms with van der Waals surface area (Å²) >= 11 is 0. The number of allylic oxidation sites excluding steroid dienone is 4. The number of fused-ring (bicyclic) bond motifs is 3. The van der Waals surface area contributed by atoms with Crippen molar-refractivity contribution in [2.75, 3.05) is 19.7 Å². The summed E-state index contributed by atoms with van der Waals surface area (Å²) in [6.45, 7) is 16.5. The summed E-state index contributed by atoms with van der Waals surface area (Å²) < 4.78 is 31.1. The highest BCUT2D eigenvalue weighted by Crippen LogP contribution is 2.80. The molecular formula is C55H78N2O10. The number of carbonyl (C=O) groups is 3. The number of esters is 1. The Bertz CT molecular complexity index is 2120. The van der Waals surface area contributed by atoms with Gasteiger partial charge in [-0.15, -0.1) is 0 Å². The van der Waals surface area contributed by atoms with Gasteiger partial charge in [0.1, 0.15) is 23.9 Å². The lowest BCUT2D eigenvalue weighted by atomic mass is 9.46. The summed E-state index contributed by atoms with van der Waals surface area (Å²) in [5.41, 5.74) is 2.51. The highest BCUT2D eigenvalue weighted by molar-refractivity contribution is 5.92. The Morgan fingerprint density at radius 1 is 0.881 bits per heavy atom. The van der Waals surface area contributed by atoms with Crippen molar-refractivity contribution < 1.29 is 48.3 Å². The molecule has 0 aromatic heterocycles. The van der Waals surface area contributed by atoms with E-state index in [0.717, 1.165) is 87.3 Å². The molecule has 8 fully saturated rings. The van der Waals surface area contributed by atoms with Gasteiger partial charge >= 0.3 is 18.2 Å². The number of alkyl carbamates (subject to hydrolysis) is 2. The lowest BCUT2D eigenvalue weighted by Gasteiger charge is -2.56. The third-order valence-corrected chi connectivity index (χ3v) is 19.5. The molecule has 2 amide bonds. The highest BCUT2D eigenvalue weighted by atomic mass is 16.7. The van der Waals surface area contributed by atoms with E-state index in [2.05, 4.69) is 62.3 Å². The third-order valence-electron chi connectivity index (χ3n) is 19.5. The SMILES string of the molecule is C=C1/C(=C\C=C2/CCC[C@@]3(C)C2CCC3[C@@H](C)/C=C/C(OC(=O)NCCCCCCNC(=O)O[C@H]2[C@]34O[C@H]3CC3C5=C(CC[C@]3(C)[C@@]43O[C@H]3C[C@@]2(O)C(C)C)C(=O)OC5)C2CC2)CCC[C@@H]1O. The van der Waals surface area contributed by atoms with E-state index in [4.69, 9.17) is 23.7 Å². The number of epoxide rings is 2. The van der Waals surface area contributed by atoms with E-state index in [0.29, 0.717) is 62.6 Å². The summed E-state index contributed by atoms with van der Waals surface area (Å²) in [5, 5.41) is 28.5. The van der Waals surface area contributed by atoms with E-state index >= 15 is 0 Å². The Morgan fingerprint density at radius 3 is 2.39 bits per heavy atom. The van der Waals surface area contributed by atoms with Gasteiger partial charge in [0.2, 0.25) is 0 Å². The number of ether oxygens (including phenoxy) is 5. The van der Waals surface area contributed by atoms with Crippen LogP contribution in [0.5, 0.6) is 0 Å². The van der Waals surface area contributed by atoms with E-state index in [9.17, 15) is 24.6 Å². The molecule has 3 aliphatic heterocycles. The predicted molar refractivity (Wildman–Crippen MR) is 252 cm³/mol. The van der Waals surface area contributed by atoms with Crippen LogP contribution in [0.1, 0.15) is 150 Å². The van der Waals surface area contributed by atoms with Crippen molar-refractivity contribution in [1.82, 2.24) is 10.6 Å². The van der Waals surface area contributed by atoms with Crippen LogP contribution in [-0.4, -0.2) is 95.4 Å². The topological polar surface area (TPSA) is 168 Å². The number of rotatable bonds is 15. The van der Waals surface area contributed by atoms with E-state index < -0.39 is 35.1 Å². The van der Waals surface area contributed by atoms with E-state index in [-0.39, 0.29) is 53.0 Å². The van der Waals surface area contributed by atoms with Gasteiger partial charge in [-0.25, -0.2) is 14.4 Å².